The van der Waals surface area contributed by atoms with Crippen molar-refractivity contribution in [2.24, 2.45) is 0 Å². The van der Waals surface area contributed by atoms with Crippen LogP contribution >= 0.6 is 0 Å². The minimum absolute atomic E-state index is 0.128. The summed E-state index contributed by atoms with van der Waals surface area (Å²) in [4.78, 5) is 0. The van der Waals surface area contributed by atoms with Crippen molar-refractivity contribution in [3.63, 3.8) is 0 Å². The zero-order valence-corrected chi connectivity index (χ0v) is 10.1. The highest BCUT2D eigenvalue weighted by Crippen LogP contribution is 2.39. The summed E-state index contributed by atoms with van der Waals surface area (Å²) in [6.45, 7) is 1.94. The Morgan fingerprint density at radius 3 is 2.94 bits per heavy atom. The van der Waals surface area contributed by atoms with Crippen LogP contribution < -0.4 is 10.1 Å². The molecule has 2 heteroatoms. The van der Waals surface area contributed by atoms with E-state index in [9.17, 15) is 0 Å². The predicted molar refractivity (Wildman–Crippen MR) is 73.8 cm³/mol. The first-order valence-corrected chi connectivity index (χ1v) is 6.47. The van der Waals surface area contributed by atoms with Crippen LogP contribution in [0, 0.1) is 0 Å². The highest BCUT2D eigenvalue weighted by Gasteiger charge is 2.36. The van der Waals surface area contributed by atoms with Crippen molar-refractivity contribution in [3.05, 3.63) is 48.0 Å². The first-order chi connectivity index (χ1) is 8.86. The summed E-state index contributed by atoms with van der Waals surface area (Å²) in [7, 11) is 0. The molecule has 0 aliphatic carbocycles. The van der Waals surface area contributed by atoms with Gasteiger partial charge in [-0.25, -0.2) is 0 Å². The minimum Gasteiger partial charge on any atom is -0.481 e. The molecule has 0 saturated carbocycles. The Balaban J connectivity index is 1.92. The van der Waals surface area contributed by atoms with Crippen LogP contribution in [0.4, 0.5) is 0 Å². The average molecular weight is 237 g/mol. The van der Waals surface area contributed by atoms with Gasteiger partial charge in [-0.2, -0.15) is 0 Å². The molecule has 18 heavy (non-hydrogen) atoms. The molecule has 2 aliphatic rings. The van der Waals surface area contributed by atoms with E-state index in [-0.39, 0.29) is 5.60 Å². The maximum absolute atomic E-state index is 6.34. The molecule has 0 aromatic heterocycles. The molecular weight excluding hydrogens is 222 g/mol. The largest absolute Gasteiger partial charge is 0.481 e. The molecule has 1 fully saturated rings. The van der Waals surface area contributed by atoms with Crippen molar-refractivity contribution >= 4 is 16.8 Å². The first-order valence-electron chi connectivity index (χ1n) is 6.47. The fourth-order valence-electron chi connectivity index (χ4n) is 2.90. The van der Waals surface area contributed by atoms with Crippen molar-refractivity contribution in [2.75, 3.05) is 13.1 Å². The molecule has 2 aromatic rings. The van der Waals surface area contributed by atoms with E-state index in [4.69, 9.17) is 4.74 Å². The third-order valence-corrected chi connectivity index (χ3v) is 3.93. The Bertz CT molecular complexity index is 639. The molecule has 2 aliphatic heterocycles. The molecule has 2 nitrogen and oxygen atoms in total. The van der Waals surface area contributed by atoms with E-state index in [1.54, 1.807) is 0 Å². The van der Waals surface area contributed by atoms with Gasteiger partial charge in [-0.05, 0) is 18.0 Å². The molecule has 1 spiro atoms. The van der Waals surface area contributed by atoms with E-state index in [1.807, 2.05) is 0 Å². The highest BCUT2D eigenvalue weighted by molar-refractivity contribution is 5.92. The number of hydrogen-bond acceptors (Lipinski definition) is 2. The van der Waals surface area contributed by atoms with Crippen LogP contribution in [0.25, 0.3) is 16.8 Å². The Morgan fingerprint density at radius 1 is 1.11 bits per heavy atom. The second kappa shape index (κ2) is 3.59. The normalized spacial score (nSPS) is 25.3. The van der Waals surface area contributed by atoms with Gasteiger partial charge in [0.2, 0.25) is 0 Å². The van der Waals surface area contributed by atoms with Crippen LogP contribution in [0.15, 0.2) is 42.5 Å². The van der Waals surface area contributed by atoms with Crippen molar-refractivity contribution < 1.29 is 4.74 Å². The number of benzene rings is 2. The third kappa shape index (κ3) is 1.39. The van der Waals surface area contributed by atoms with Gasteiger partial charge in [-0.3, -0.25) is 0 Å². The molecule has 0 amide bonds. The zero-order chi connectivity index (χ0) is 12.0. The Morgan fingerprint density at radius 2 is 2.06 bits per heavy atom. The molecule has 90 valence electrons. The van der Waals surface area contributed by atoms with Crippen LogP contribution in [0.3, 0.4) is 0 Å². The monoisotopic (exact) mass is 237 g/mol. The standard InChI is InChI=1S/C16H15NO/c1-2-4-14-12(3-1)5-6-13-7-8-16(18-15(13)14)9-10-17-11-16/h1-8,17H,9-11H2. The molecule has 4 rings (SSSR count). The topological polar surface area (TPSA) is 21.3 Å². The Hall–Kier alpha value is -1.80. The zero-order valence-electron chi connectivity index (χ0n) is 10.1. The Kier molecular flexibility index (Phi) is 2.03. The second-order valence-corrected chi connectivity index (χ2v) is 5.13. The predicted octanol–water partition coefficient (Wildman–Crippen LogP) is 2.98. The van der Waals surface area contributed by atoms with Crippen molar-refractivity contribution in [2.45, 2.75) is 12.0 Å². The SMILES string of the molecule is C1=CC2(CCNC2)Oc2c1ccc1ccccc21. The maximum Gasteiger partial charge on any atom is 0.141 e. The van der Waals surface area contributed by atoms with Gasteiger partial charge in [-0.15, -0.1) is 0 Å². The summed E-state index contributed by atoms with van der Waals surface area (Å²) in [5.74, 6) is 1.04. The number of nitrogens with one attached hydrogen (secondary N) is 1. The van der Waals surface area contributed by atoms with Crippen molar-refractivity contribution in [1.82, 2.24) is 5.32 Å². The van der Waals surface area contributed by atoms with Gasteiger partial charge in [0.05, 0.1) is 0 Å². The summed E-state index contributed by atoms with van der Waals surface area (Å²) >= 11 is 0. The van der Waals surface area contributed by atoms with Gasteiger partial charge >= 0.3 is 0 Å². The maximum atomic E-state index is 6.34. The van der Waals surface area contributed by atoms with Crippen LogP contribution in [0.2, 0.25) is 0 Å². The summed E-state index contributed by atoms with van der Waals surface area (Å²) < 4.78 is 6.34. The molecule has 2 heterocycles. The average Bonchev–Trinajstić information content (AvgIpc) is 2.87. The van der Waals surface area contributed by atoms with Crippen LogP contribution in [-0.2, 0) is 0 Å². The summed E-state index contributed by atoms with van der Waals surface area (Å²) in [6, 6.07) is 12.7. The van der Waals surface area contributed by atoms with Gasteiger partial charge in [0, 0.05) is 23.9 Å². The van der Waals surface area contributed by atoms with E-state index < -0.39 is 0 Å². The molecule has 1 saturated heterocycles. The lowest BCUT2D eigenvalue weighted by Crippen LogP contribution is -2.37. The quantitative estimate of drug-likeness (QED) is 0.760. The smallest absolute Gasteiger partial charge is 0.141 e. The number of fused-ring (bicyclic) bond motifs is 3. The lowest BCUT2D eigenvalue weighted by molar-refractivity contribution is 0.141. The third-order valence-electron chi connectivity index (χ3n) is 3.93. The number of rotatable bonds is 0. The molecule has 0 bridgehead atoms. The molecule has 2 aromatic carbocycles. The van der Waals surface area contributed by atoms with Crippen molar-refractivity contribution in [3.8, 4) is 5.75 Å². The number of hydrogen-bond donors (Lipinski definition) is 1. The molecule has 1 N–H and O–H groups in total. The van der Waals surface area contributed by atoms with Crippen LogP contribution in [-0.4, -0.2) is 18.7 Å². The van der Waals surface area contributed by atoms with E-state index >= 15 is 0 Å². The molecular formula is C16H15NO. The lowest BCUT2D eigenvalue weighted by Gasteiger charge is -2.31. The van der Waals surface area contributed by atoms with Crippen LogP contribution in [0.1, 0.15) is 12.0 Å². The molecule has 0 radical (unpaired) electrons. The summed E-state index contributed by atoms with van der Waals surface area (Å²) in [5, 5.41) is 5.84. The first kappa shape index (κ1) is 10.2. The second-order valence-electron chi connectivity index (χ2n) is 5.13. The van der Waals surface area contributed by atoms with Gasteiger partial charge in [0.15, 0.2) is 0 Å². The lowest BCUT2D eigenvalue weighted by atomic mass is 9.95. The van der Waals surface area contributed by atoms with E-state index in [0.29, 0.717) is 0 Å². The molecule has 1 unspecified atom stereocenters. The highest BCUT2D eigenvalue weighted by atomic mass is 16.5. The van der Waals surface area contributed by atoms with Crippen molar-refractivity contribution in [1.29, 1.82) is 0 Å². The summed E-state index contributed by atoms with van der Waals surface area (Å²) in [5.41, 5.74) is 1.06. The van der Waals surface area contributed by atoms with E-state index in [1.165, 1.54) is 16.3 Å². The van der Waals surface area contributed by atoms with E-state index in [2.05, 4.69) is 53.9 Å². The van der Waals surface area contributed by atoms with Crippen LogP contribution in [0.5, 0.6) is 5.75 Å². The fraction of sp³-hybridized carbons (Fsp3) is 0.250. The van der Waals surface area contributed by atoms with Gasteiger partial charge in [0.1, 0.15) is 11.4 Å². The van der Waals surface area contributed by atoms with Gasteiger partial charge < -0.3 is 10.1 Å². The van der Waals surface area contributed by atoms with Gasteiger partial charge in [0.25, 0.3) is 0 Å². The van der Waals surface area contributed by atoms with E-state index in [0.717, 1.165) is 25.3 Å². The minimum atomic E-state index is -0.128. The van der Waals surface area contributed by atoms with Gasteiger partial charge in [-0.1, -0.05) is 42.5 Å². The number of ether oxygens (including phenoxy) is 1. The molecule has 1 atom stereocenters. The fourth-order valence-corrected chi connectivity index (χ4v) is 2.90. The Labute approximate surface area is 106 Å². The summed E-state index contributed by atoms with van der Waals surface area (Å²) in [6.07, 6.45) is 5.47.